The van der Waals surface area contributed by atoms with Crippen LogP contribution in [0.25, 0.3) is 0 Å². The summed E-state index contributed by atoms with van der Waals surface area (Å²) in [7, 11) is 0. The topological polar surface area (TPSA) is 75.6 Å². The van der Waals surface area contributed by atoms with Gasteiger partial charge in [0.1, 0.15) is 0 Å². The van der Waals surface area contributed by atoms with E-state index in [0.717, 1.165) is 6.42 Å². The molecule has 19 heavy (non-hydrogen) atoms. The largest absolute Gasteiger partial charge is 0.478 e. The Kier molecular flexibility index (Phi) is 4.16. The zero-order valence-electron chi connectivity index (χ0n) is 10.8. The zero-order chi connectivity index (χ0) is 13.8. The lowest BCUT2D eigenvalue weighted by Gasteiger charge is -2.16. The minimum Gasteiger partial charge on any atom is -0.478 e. The van der Waals surface area contributed by atoms with Gasteiger partial charge in [-0.2, -0.15) is 0 Å². The van der Waals surface area contributed by atoms with Crippen molar-refractivity contribution in [1.82, 2.24) is 5.32 Å². The van der Waals surface area contributed by atoms with Crippen LogP contribution in [0, 0.1) is 0 Å². The summed E-state index contributed by atoms with van der Waals surface area (Å²) in [4.78, 5) is 23.0. The van der Waals surface area contributed by atoms with Crippen LogP contribution in [0.1, 0.15) is 29.3 Å². The standard InChI is InChI=1S/C14H17NO4/c1-9-12(6-7-19-9)15-13(16)8-10-4-2-3-5-11(10)14(17)18/h2-5,9,12H,6-8H2,1H3,(H,15,16)(H,17,18). The molecule has 1 fully saturated rings. The highest BCUT2D eigenvalue weighted by Crippen LogP contribution is 2.14. The van der Waals surface area contributed by atoms with Gasteiger partial charge in [0.15, 0.2) is 0 Å². The van der Waals surface area contributed by atoms with Crippen LogP contribution >= 0.6 is 0 Å². The third-order valence-corrected chi connectivity index (χ3v) is 3.32. The van der Waals surface area contributed by atoms with E-state index in [2.05, 4.69) is 5.32 Å². The van der Waals surface area contributed by atoms with Crippen LogP contribution in [0.3, 0.4) is 0 Å². The minimum atomic E-state index is -1.01. The van der Waals surface area contributed by atoms with Gasteiger partial charge in [-0.15, -0.1) is 0 Å². The molecule has 0 aliphatic carbocycles. The van der Waals surface area contributed by atoms with Gasteiger partial charge in [0.25, 0.3) is 0 Å². The molecule has 1 saturated heterocycles. The van der Waals surface area contributed by atoms with Crippen molar-refractivity contribution in [2.45, 2.75) is 31.9 Å². The molecule has 0 saturated carbocycles. The van der Waals surface area contributed by atoms with E-state index in [1.807, 2.05) is 6.92 Å². The van der Waals surface area contributed by atoms with E-state index in [1.54, 1.807) is 18.2 Å². The van der Waals surface area contributed by atoms with E-state index >= 15 is 0 Å². The maximum Gasteiger partial charge on any atom is 0.335 e. The van der Waals surface area contributed by atoms with E-state index in [4.69, 9.17) is 9.84 Å². The first-order valence-electron chi connectivity index (χ1n) is 6.30. The van der Waals surface area contributed by atoms with Gasteiger partial charge >= 0.3 is 5.97 Å². The van der Waals surface area contributed by atoms with Crippen molar-refractivity contribution in [3.8, 4) is 0 Å². The van der Waals surface area contributed by atoms with E-state index in [0.29, 0.717) is 12.2 Å². The molecule has 2 atom stereocenters. The number of aromatic carboxylic acids is 1. The number of amides is 1. The Morgan fingerprint density at radius 2 is 2.16 bits per heavy atom. The molecule has 2 rings (SSSR count). The molecule has 2 N–H and O–H groups in total. The van der Waals surface area contributed by atoms with E-state index < -0.39 is 5.97 Å². The first-order valence-corrected chi connectivity index (χ1v) is 6.30. The van der Waals surface area contributed by atoms with Crippen LogP contribution in [0.5, 0.6) is 0 Å². The van der Waals surface area contributed by atoms with Crippen LogP contribution in [0.2, 0.25) is 0 Å². The smallest absolute Gasteiger partial charge is 0.335 e. The molecule has 0 bridgehead atoms. The van der Waals surface area contributed by atoms with Crippen molar-refractivity contribution in [3.63, 3.8) is 0 Å². The van der Waals surface area contributed by atoms with Gasteiger partial charge in [-0.25, -0.2) is 4.79 Å². The number of ether oxygens (including phenoxy) is 1. The minimum absolute atomic E-state index is 0.0127. The fraction of sp³-hybridized carbons (Fsp3) is 0.429. The summed E-state index contributed by atoms with van der Waals surface area (Å²) < 4.78 is 5.37. The molecule has 0 spiro atoms. The Labute approximate surface area is 111 Å². The zero-order valence-corrected chi connectivity index (χ0v) is 10.8. The van der Waals surface area contributed by atoms with Crippen molar-refractivity contribution >= 4 is 11.9 Å². The summed E-state index contributed by atoms with van der Waals surface area (Å²) in [6, 6.07) is 6.57. The van der Waals surface area contributed by atoms with Crippen molar-refractivity contribution < 1.29 is 19.4 Å². The lowest BCUT2D eigenvalue weighted by molar-refractivity contribution is -0.121. The predicted molar refractivity (Wildman–Crippen MR) is 69.1 cm³/mol. The number of carbonyl (C=O) groups is 2. The molecule has 0 radical (unpaired) electrons. The maximum absolute atomic E-state index is 11.9. The summed E-state index contributed by atoms with van der Waals surface area (Å²) in [6.45, 7) is 2.57. The molecule has 5 nitrogen and oxygen atoms in total. The number of hydrogen-bond acceptors (Lipinski definition) is 3. The van der Waals surface area contributed by atoms with Crippen LogP contribution in [0.15, 0.2) is 24.3 Å². The van der Waals surface area contributed by atoms with Crippen molar-refractivity contribution in [3.05, 3.63) is 35.4 Å². The Balaban J connectivity index is 2.01. The Morgan fingerprint density at radius 3 is 2.79 bits per heavy atom. The average Bonchev–Trinajstić information content (AvgIpc) is 2.75. The molecule has 102 valence electrons. The fourth-order valence-corrected chi connectivity index (χ4v) is 2.24. The number of rotatable bonds is 4. The summed E-state index contributed by atoms with van der Waals surface area (Å²) in [5.74, 6) is -1.18. The second-order valence-corrected chi connectivity index (χ2v) is 4.68. The third kappa shape index (κ3) is 3.32. The van der Waals surface area contributed by atoms with Crippen LogP contribution < -0.4 is 5.32 Å². The molecule has 1 aromatic carbocycles. The van der Waals surface area contributed by atoms with Crippen LogP contribution in [-0.4, -0.2) is 35.7 Å². The van der Waals surface area contributed by atoms with E-state index in [9.17, 15) is 9.59 Å². The van der Waals surface area contributed by atoms with E-state index in [1.165, 1.54) is 6.07 Å². The molecule has 2 unspecified atom stereocenters. The molecular weight excluding hydrogens is 246 g/mol. The Hall–Kier alpha value is -1.88. The second kappa shape index (κ2) is 5.84. The molecular formula is C14H17NO4. The lowest BCUT2D eigenvalue weighted by atomic mass is 10.0. The second-order valence-electron chi connectivity index (χ2n) is 4.68. The first-order chi connectivity index (χ1) is 9.08. The van der Waals surface area contributed by atoms with Crippen LogP contribution in [0.4, 0.5) is 0 Å². The van der Waals surface area contributed by atoms with Crippen LogP contribution in [-0.2, 0) is 16.0 Å². The highest BCUT2D eigenvalue weighted by atomic mass is 16.5. The van der Waals surface area contributed by atoms with Gasteiger partial charge < -0.3 is 15.2 Å². The van der Waals surface area contributed by atoms with Gasteiger partial charge in [0, 0.05) is 6.61 Å². The molecule has 1 aromatic rings. The number of carboxylic acid groups (broad SMARTS) is 1. The molecule has 5 heteroatoms. The Morgan fingerprint density at radius 1 is 1.42 bits per heavy atom. The summed E-state index contributed by atoms with van der Waals surface area (Å²) in [5, 5.41) is 11.9. The Bertz CT molecular complexity index is 486. The normalized spacial score (nSPS) is 22.2. The predicted octanol–water partition coefficient (Wildman–Crippen LogP) is 1.22. The first kappa shape index (κ1) is 13.5. The van der Waals surface area contributed by atoms with Crippen molar-refractivity contribution in [2.24, 2.45) is 0 Å². The van der Waals surface area contributed by atoms with Gasteiger partial charge in [0.05, 0.1) is 24.1 Å². The summed E-state index contributed by atoms with van der Waals surface area (Å²) in [5.41, 5.74) is 0.701. The van der Waals surface area contributed by atoms with Gasteiger partial charge in [-0.1, -0.05) is 18.2 Å². The van der Waals surface area contributed by atoms with Gasteiger partial charge in [-0.05, 0) is 25.0 Å². The van der Waals surface area contributed by atoms with Gasteiger partial charge in [0.2, 0.25) is 5.91 Å². The molecule has 0 aromatic heterocycles. The van der Waals surface area contributed by atoms with Crippen molar-refractivity contribution in [1.29, 1.82) is 0 Å². The average molecular weight is 263 g/mol. The number of carboxylic acids is 1. The highest BCUT2D eigenvalue weighted by molar-refractivity contribution is 5.91. The summed E-state index contributed by atoms with van der Waals surface area (Å²) in [6.07, 6.45) is 0.887. The molecule has 1 amide bonds. The fourth-order valence-electron chi connectivity index (χ4n) is 2.24. The highest BCUT2D eigenvalue weighted by Gasteiger charge is 2.25. The quantitative estimate of drug-likeness (QED) is 0.856. The number of nitrogens with one attached hydrogen (secondary N) is 1. The number of carbonyl (C=O) groups excluding carboxylic acids is 1. The molecule has 1 aliphatic rings. The summed E-state index contributed by atoms with van der Waals surface area (Å²) >= 11 is 0. The molecule has 1 aliphatic heterocycles. The van der Waals surface area contributed by atoms with Crippen molar-refractivity contribution in [2.75, 3.05) is 6.61 Å². The molecule has 1 heterocycles. The van der Waals surface area contributed by atoms with E-state index in [-0.39, 0.29) is 30.0 Å². The number of hydrogen-bond donors (Lipinski definition) is 2. The third-order valence-electron chi connectivity index (χ3n) is 3.32. The lowest BCUT2D eigenvalue weighted by Crippen LogP contribution is -2.40. The number of benzene rings is 1. The monoisotopic (exact) mass is 263 g/mol. The maximum atomic E-state index is 11.9. The SMILES string of the molecule is CC1OCCC1NC(=O)Cc1ccccc1C(=O)O. The van der Waals surface area contributed by atoms with Gasteiger partial charge in [-0.3, -0.25) is 4.79 Å².